The average Bonchev–Trinajstić information content (AvgIpc) is 1.59. The smallest absolute Gasteiger partial charge is 0.433 e. The molecule has 0 aliphatic heterocycles. The van der Waals surface area contributed by atoms with Gasteiger partial charge in [-0.15, -0.1) is 0 Å². The first-order valence-electron chi connectivity index (χ1n) is 2.45. The number of halogens is 3. The molecule has 0 aliphatic rings. The molecule has 0 bridgehead atoms. The van der Waals surface area contributed by atoms with Crippen molar-refractivity contribution < 1.29 is 22.8 Å². The van der Waals surface area contributed by atoms with Crippen molar-refractivity contribution in [2.24, 2.45) is 0 Å². The van der Waals surface area contributed by atoms with Gasteiger partial charge in [0.1, 0.15) is 12.4 Å². The summed E-state index contributed by atoms with van der Waals surface area (Å²) in [5.74, 6) is -1.78. The van der Waals surface area contributed by atoms with Crippen LogP contribution in [0.15, 0.2) is 0 Å². The maximum atomic E-state index is 11.3. The molecule has 1 unspecified atom stereocenters. The molecule has 0 aliphatic carbocycles. The highest BCUT2D eigenvalue weighted by Crippen LogP contribution is 2.17. The van der Waals surface area contributed by atoms with E-state index in [2.05, 4.69) is 0 Å². The summed E-state index contributed by atoms with van der Waals surface area (Å²) in [5, 5.41) is 9.67. The third kappa shape index (κ3) is 6.18. The second-order valence-electron chi connectivity index (χ2n) is 1.61. The van der Waals surface area contributed by atoms with Crippen LogP contribution in [0.5, 0.6) is 0 Å². The second kappa shape index (κ2) is 4.05. The van der Waals surface area contributed by atoms with E-state index in [-0.39, 0.29) is 0 Å². The van der Waals surface area contributed by atoms with Gasteiger partial charge in [0.25, 0.3) is 0 Å². The van der Waals surface area contributed by atoms with Crippen LogP contribution >= 0.6 is 0 Å². The van der Waals surface area contributed by atoms with E-state index in [9.17, 15) is 22.8 Å². The van der Waals surface area contributed by atoms with Gasteiger partial charge >= 0.3 is 6.18 Å². The molecular weight excluding hydrogens is 169 g/mol. The molecule has 0 fully saturated rings. The lowest BCUT2D eigenvalue weighted by Gasteiger charge is -2.10. The zero-order valence-electron chi connectivity index (χ0n) is 4.98. The lowest BCUT2D eigenvalue weighted by molar-refractivity contribution is -0.106. The van der Waals surface area contributed by atoms with Crippen LogP contribution in [0, 0.1) is 0 Å². The number of hydrogen-bond acceptors (Lipinski definition) is 1. The van der Waals surface area contributed by atoms with Crippen molar-refractivity contribution in [3.63, 3.8) is 0 Å². The van der Waals surface area contributed by atoms with E-state index in [4.69, 9.17) is 0 Å². The molecule has 0 aromatic rings. The summed E-state index contributed by atoms with van der Waals surface area (Å²) in [4.78, 5) is 0. The van der Waals surface area contributed by atoms with E-state index in [0.29, 0.717) is 0 Å². The molecule has 0 amide bonds. The van der Waals surface area contributed by atoms with Crippen LogP contribution in [-0.4, -0.2) is 28.8 Å². The van der Waals surface area contributed by atoms with Crippen LogP contribution in [0.4, 0.5) is 13.2 Å². The molecule has 6 heteroatoms. The molecule has 0 saturated heterocycles. The zero-order chi connectivity index (χ0) is 8.20. The summed E-state index contributed by atoms with van der Waals surface area (Å²) >= 11 is -2.03. The van der Waals surface area contributed by atoms with E-state index < -0.39 is 35.5 Å². The minimum Gasteiger partial charge on any atom is -0.616 e. The van der Waals surface area contributed by atoms with Gasteiger partial charge < -0.3 is 4.55 Å². The fourth-order valence-corrected chi connectivity index (χ4v) is 1.04. The summed E-state index contributed by atoms with van der Waals surface area (Å²) in [6.45, 7) is -0.720. The van der Waals surface area contributed by atoms with Crippen LogP contribution < -0.4 is 0 Å². The van der Waals surface area contributed by atoms with Crippen LogP contribution in [0.1, 0.15) is 0 Å². The van der Waals surface area contributed by atoms with E-state index in [1.54, 1.807) is 0 Å². The van der Waals surface area contributed by atoms with Crippen molar-refractivity contribution in [2.45, 2.75) is 6.18 Å². The Morgan fingerprint density at radius 2 is 1.90 bits per heavy atom. The molecule has 1 radical (unpaired) electrons. The Morgan fingerprint density at radius 1 is 1.40 bits per heavy atom. The van der Waals surface area contributed by atoms with E-state index in [1.807, 2.05) is 0 Å². The number of hydrogen-bond donors (Lipinski definition) is 0. The van der Waals surface area contributed by atoms with Gasteiger partial charge in [0.2, 0.25) is 5.75 Å². The van der Waals surface area contributed by atoms with Crippen LogP contribution in [0.25, 0.3) is 0 Å². The molecule has 0 saturated carbocycles. The SMILES string of the molecule is [O]CC[S+]([O-])CC(F)(F)F. The topological polar surface area (TPSA) is 43.0 Å². The first-order chi connectivity index (χ1) is 4.45. The fraction of sp³-hybridized carbons (Fsp3) is 1.00. The number of rotatable bonds is 3. The predicted molar refractivity (Wildman–Crippen MR) is 29.5 cm³/mol. The van der Waals surface area contributed by atoms with Gasteiger partial charge in [-0.2, -0.15) is 13.2 Å². The minimum absolute atomic E-state index is 0.417. The third-order valence-corrected chi connectivity index (χ3v) is 1.91. The standard InChI is InChI=1S/C4H6F3O2S/c5-4(6,7)3-10(9)2-1-8/h1-3H2. The molecule has 10 heavy (non-hydrogen) atoms. The summed E-state index contributed by atoms with van der Waals surface area (Å²) in [7, 11) is 0. The molecule has 0 rings (SSSR count). The third-order valence-electron chi connectivity index (χ3n) is 0.636. The quantitative estimate of drug-likeness (QED) is 0.583. The van der Waals surface area contributed by atoms with Gasteiger partial charge in [0.15, 0.2) is 0 Å². The average molecular weight is 175 g/mol. The fourth-order valence-electron chi connectivity index (χ4n) is 0.348. The Kier molecular flexibility index (Phi) is 4.07. The Balaban J connectivity index is 3.47. The normalized spacial score (nSPS) is 15.3. The Hall–Kier alpha value is 0.0600. The summed E-state index contributed by atoms with van der Waals surface area (Å²) in [6, 6.07) is 0. The van der Waals surface area contributed by atoms with E-state index >= 15 is 0 Å². The maximum Gasteiger partial charge on any atom is 0.433 e. The Labute approximate surface area is 59.2 Å². The highest BCUT2D eigenvalue weighted by atomic mass is 32.2. The maximum absolute atomic E-state index is 11.3. The Morgan fingerprint density at radius 3 is 2.20 bits per heavy atom. The van der Waals surface area contributed by atoms with Gasteiger partial charge in [-0.1, -0.05) is 0 Å². The number of alkyl halides is 3. The van der Waals surface area contributed by atoms with Gasteiger partial charge in [-0.3, -0.25) is 0 Å². The van der Waals surface area contributed by atoms with Crippen molar-refractivity contribution in [3.05, 3.63) is 0 Å². The largest absolute Gasteiger partial charge is 0.616 e. The van der Waals surface area contributed by atoms with E-state index in [0.717, 1.165) is 0 Å². The molecule has 0 spiro atoms. The van der Waals surface area contributed by atoms with Crippen molar-refractivity contribution in [3.8, 4) is 0 Å². The monoisotopic (exact) mass is 175 g/mol. The molecule has 0 aromatic carbocycles. The van der Waals surface area contributed by atoms with Crippen molar-refractivity contribution in [1.82, 2.24) is 0 Å². The Bertz CT molecular complexity index is 95.0. The lowest BCUT2D eigenvalue weighted by Crippen LogP contribution is -2.25. The van der Waals surface area contributed by atoms with Crippen LogP contribution in [-0.2, 0) is 16.3 Å². The summed E-state index contributed by atoms with van der Waals surface area (Å²) < 4.78 is 44.3. The van der Waals surface area contributed by atoms with Crippen LogP contribution in [0.3, 0.4) is 0 Å². The van der Waals surface area contributed by atoms with Crippen LogP contribution in [0.2, 0.25) is 0 Å². The van der Waals surface area contributed by atoms with Gasteiger partial charge in [0.05, 0.1) is 0 Å². The van der Waals surface area contributed by atoms with Gasteiger partial charge in [-0.05, 0) is 11.2 Å². The first kappa shape index (κ1) is 10.1. The lowest BCUT2D eigenvalue weighted by atomic mass is 10.8. The van der Waals surface area contributed by atoms with Gasteiger partial charge in [0, 0.05) is 0 Å². The molecule has 61 valence electrons. The molecule has 0 N–H and O–H groups in total. The molecule has 2 nitrogen and oxygen atoms in total. The second-order valence-corrected chi connectivity index (χ2v) is 3.18. The predicted octanol–water partition coefficient (Wildman–Crippen LogP) is 0.728. The highest BCUT2D eigenvalue weighted by molar-refractivity contribution is 7.91. The highest BCUT2D eigenvalue weighted by Gasteiger charge is 2.34. The molecule has 1 atom stereocenters. The van der Waals surface area contributed by atoms with E-state index in [1.165, 1.54) is 0 Å². The molecule has 0 aromatic heterocycles. The summed E-state index contributed by atoms with van der Waals surface area (Å²) in [6.07, 6.45) is -4.42. The van der Waals surface area contributed by atoms with Crippen molar-refractivity contribution in [2.75, 3.05) is 18.1 Å². The minimum atomic E-state index is -4.42. The zero-order valence-corrected chi connectivity index (χ0v) is 5.80. The van der Waals surface area contributed by atoms with Crippen molar-refractivity contribution in [1.29, 1.82) is 0 Å². The summed E-state index contributed by atoms with van der Waals surface area (Å²) in [5.41, 5.74) is 0. The first-order valence-corrected chi connectivity index (χ1v) is 3.94. The molecular formula is C4H6F3O2S. The van der Waals surface area contributed by atoms with Crippen molar-refractivity contribution >= 4 is 11.2 Å². The van der Waals surface area contributed by atoms with Gasteiger partial charge in [-0.25, -0.2) is 5.11 Å². The molecule has 0 heterocycles.